The zero-order valence-electron chi connectivity index (χ0n) is 6.53. The van der Waals surface area contributed by atoms with E-state index in [1.54, 1.807) is 12.3 Å². The van der Waals surface area contributed by atoms with Gasteiger partial charge in [-0.2, -0.15) is 0 Å². The van der Waals surface area contributed by atoms with Crippen molar-refractivity contribution in [2.45, 2.75) is 0 Å². The summed E-state index contributed by atoms with van der Waals surface area (Å²) in [5, 5.41) is 2.17. The first-order chi connectivity index (χ1) is 5.86. The quantitative estimate of drug-likeness (QED) is 0.580. The monoisotopic (exact) mass is 159 g/mol. The molecule has 0 aliphatic carbocycles. The molecule has 0 amide bonds. The minimum Gasteiger partial charge on any atom is -0.449 e. The summed E-state index contributed by atoms with van der Waals surface area (Å²) in [6.45, 7) is 0. The molecule has 0 saturated heterocycles. The maximum absolute atomic E-state index is 5.49. The molecule has 60 valence electrons. The number of rotatable bonds is 0. The number of hydrogen-bond donors (Lipinski definition) is 1. The predicted octanol–water partition coefficient (Wildman–Crippen LogP) is 0.0354. The molecule has 2 N–H and O–H groups in total. The number of allylic oxidation sites excluding steroid dienone is 1. The highest BCUT2D eigenvalue weighted by Crippen LogP contribution is 1.91. The topological polar surface area (TPSA) is 35.2 Å². The summed E-state index contributed by atoms with van der Waals surface area (Å²) in [5.74, 6) is 0.422. The zero-order valence-corrected chi connectivity index (χ0v) is 6.53. The molecule has 1 aromatic rings. The molecular weight excluding hydrogens is 150 g/mol. The van der Waals surface area contributed by atoms with E-state index >= 15 is 0 Å². The van der Waals surface area contributed by atoms with Gasteiger partial charge in [-0.3, -0.25) is 0 Å². The Balaban J connectivity index is 2.72. The van der Waals surface area contributed by atoms with Crippen molar-refractivity contribution in [2.24, 2.45) is 5.73 Å². The number of benzene rings is 1. The molecular formula is C10H9NO. The van der Waals surface area contributed by atoms with Gasteiger partial charge in [0, 0.05) is 5.22 Å². The molecule has 2 rings (SSSR count). The van der Waals surface area contributed by atoms with Crippen molar-refractivity contribution in [2.75, 3.05) is 0 Å². The van der Waals surface area contributed by atoms with Gasteiger partial charge in [-0.1, -0.05) is 24.3 Å². The van der Waals surface area contributed by atoms with Crippen molar-refractivity contribution in [1.82, 2.24) is 0 Å². The maximum Gasteiger partial charge on any atom is 0.189 e. The summed E-state index contributed by atoms with van der Waals surface area (Å²) in [6.07, 6.45) is 5.35. The van der Waals surface area contributed by atoms with Gasteiger partial charge >= 0.3 is 0 Å². The van der Waals surface area contributed by atoms with Crippen LogP contribution in [0.2, 0.25) is 0 Å². The van der Waals surface area contributed by atoms with Gasteiger partial charge in [0.1, 0.15) is 6.26 Å². The second-order valence-electron chi connectivity index (χ2n) is 2.60. The molecule has 2 nitrogen and oxygen atoms in total. The van der Waals surface area contributed by atoms with Crippen molar-refractivity contribution in [3.63, 3.8) is 0 Å². The highest BCUT2D eigenvalue weighted by atomic mass is 16.5. The molecule has 0 aromatic heterocycles. The van der Waals surface area contributed by atoms with Crippen LogP contribution in [-0.2, 0) is 4.74 Å². The van der Waals surface area contributed by atoms with E-state index in [0.717, 1.165) is 10.4 Å². The first-order valence-electron chi connectivity index (χ1n) is 3.76. The van der Waals surface area contributed by atoms with Crippen molar-refractivity contribution in [3.8, 4) is 0 Å². The molecule has 1 heterocycles. The molecule has 0 bridgehead atoms. The lowest BCUT2D eigenvalue weighted by Crippen LogP contribution is -2.22. The fourth-order valence-corrected chi connectivity index (χ4v) is 1.11. The summed E-state index contributed by atoms with van der Waals surface area (Å²) in [4.78, 5) is 0. The summed E-state index contributed by atoms with van der Waals surface area (Å²) in [5.41, 5.74) is 5.49. The van der Waals surface area contributed by atoms with Gasteiger partial charge in [0.15, 0.2) is 5.88 Å². The van der Waals surface area contributed by atoms with Gasteiger partial charge in [-0.15, -0.1) is 0 Å². The van der Waals surface area contributed by atoms with Crippen LogP contribution in [-0.4, -0.2) is 0 Å². The van der Waals surface area contributed by atoms with Crippen LogP contribution in [0.4, 0.5) is 0 Å². The molecule has 12 heavy (non-hydrogen) atoms. The normalized spacial score (nSPS) is 14.2. The Morgan fingerprint density at radius 2 is 1.75 bits per heavy atom. The number of fused-ring (bicyclic) bond motifs is 1. The van der Waals surface area contributed by atoms with E-state index in [0.29, 0.717) is 5.88 Å². The Hall–Kier alpha value is -1.70. The van der Waals surface area contributed by atoms with E-state index in [1.165, 1.54) is 0 Å². The molecule has 1 aliphatic heterocycles. The molecule has 2 heteroatoms. The fourth-order valence-electron chi connectivity index (χ4n) is 1.11. The van der Waals surface area contributed by atoms with Crippen molar-refractivity contribution < 1.29 is 4.74 Å². The molecule has 1 aliphatic rings. The van der Waals surface area contributed by atoms with Crippen LogP contribution in [0.5, 0.6) is 0 Å². The third-order valence-electron chi connectivity index (χ3n) is 1.75. The number of ether oxygens (including phenoxy) is 1. The molecule has 0 saturated carbocycles. The number of hydrogen-bond acceptors (Lipinski definition) is 2. The highest BCUT2D eigenvalue weighted by Gasteiger charge is 1.91. The van der Waals surface area contributed by atoms with Crippen molar-refractivity contribution in [1.29, 1.82) is 0 Å². The second kappa shape index (κ2) is 2.74. The van der Waals surface area contributed by atoms with Gasteiger partial charge in [-0.25, -0.2) is 0 Å². The smallest absolute Gasteiger partial charge is 0.189 e. The van der Waals surface area contributed by atoms with Crippen molar-refractivity contribution >= 4 is 12.3 Å². The molecule has 0 atom stereocenters. The average molecular weight is 159 g/mol. The van der Waals surface area contributed by atoms with E-state index in [4.69, 9.17) is 10.5 Å². The Morgan fingerprint density at radius 1 is 1.00 bits per heavy atom. The van der Waals surface area contributed by atoms with E-state index < -0.39 is 0 Å². The van der Waals surface area contributed by atoms with Crippen LogP contribution < -0.4 is 16.2 Å². The van der Waals surface area contributed by atoms with Crippen LogP contribution in [0, 0.1) is 0 Å². The maximum atomic E-state index is 5.49. The second-order valence-corrected chi connectivity index (χ2v) is 2.60. The summed E-state index contributed by atoms with van der Waals surface area (Å²) in [7, 11) is 0. The predicted molar refractivity (Wildman–Crippen MR) is 48.0 cm³/mol. The van der Waals surface area contributed by atoms with Crippen LogP contribution >= 0.6 is 0 Å². The largest absolute Gasteiger partial charge is 0.449 e. The third-order valence-corrected chi connectivity index (χ3v) is 1.75. The summed E-state index contributed by atoms with van der Waals surface area (Å²) in [6, 6.07) is 7.95. The van der Waals surface area contributed by atoms with E-state index in [2.05, 4.69) is 0 Å². The van der Waals surface area contributed by atoms with Crippen LogP contribution in [0.3, 0.4) is 0 Å². The SMILES string of the molecule is NC1=CC=c2ccccc2=CO1. The summed E-state index contributed by atoms with van der Waals surface area (Å²) < 4.78 is 5.11. The van der Waals surface area contributed by atoms with Gasteiger partial charge < -0.3 is 10.5 Å². The Labute approximate surface area is 70.3 Å². The minimum absolute atomic E-state index is 0.422. The Morgan fingerprint density at radius 3 is 2.58 bits per heavy atom. The lowest BCUT2D eigenvalue weighted by Gasteiger charge is -1.93. The Bertz CT molecular complexity index is 431. The average Bonchev–Trinajstić information content (AvgIpc) is 2.29. The van der Waals surface area contributed by atoms with Gasteiger partial charge in [0.2, 0.25) is 0 Å². The lowest BCUT2D eigenvalue weighted by molar-refractivity contribution is 0.399. The standard InChI is InChI=1S/C10H9NO/c11-10-6-5-8-3-1-2-4-9(8)7-12-10/h1-7H,11H2. The minimum atomic E-state index is 0.422. The van der Waals surface area contributed by atoms with Crippen molar-refractivity contribution in [3.05, 3.63) is 46.7 Å². The fraction of sp³-hybridized carbons (Fsp3) is 0. The Kier molecular flexibility index (Phi) is 1.59. The van der Waals surface area contributed by atoms with Crippen LogP contribution in [0.25, 0.3) is 12.3 Å². The van der Waals surface area contributed by atoms with E-state index in [1.807, 2.05) is 30.3 Å². The van der Waals surface area contributed by atoms with E-state index in [9.17, 15) is 0 Å². The molecule has 1 aromatic carbocycles. The first kappa shape index (κ1) is 6.98. The third kappa shape index (κ3) is 1.19. The van der Waals surface area contributed by atoms with Gasteiger partial charge in [-0.05, 0) is 17.4 Å². The van der Waals surface area contributed by atoms with Gasteiger partial charge in [0.25, 0.3) is 0 Å². The molecule has 0 unspecified atom stereocenters. The lowest BCUT2D eigenvalue weighted by atomic mass is 10.2. The first-order valence-corrected chi connectivity index (χ1v) is 3.76. The number of nitrogens with two attached hydrogens (primary N) is 1. The highest BCUT2D eigenvalue weighted by molar-refractivity contribution is 5.42. The van der Waals surface area contributed by atoms with Crippen LogP contribution in [0.1, 0.15) is 0 Å². The zero-order chi connectivity index (χ0) is 8.39. The molecule has 0 spiro atoms. The molecule has 0 radical (unpaired) electrons. The van der Waals surface area contributed by atoms with Gasteiger partial charge in [0.05, 0.1) is 0 Å². The van der Waals surface area contributed by atoms with E-state index in [-0.39, 0.29) is 0 Å². The van der Waals surface area contributed by atoms with Crippen LogP contribution in [0.15, 0.2) is 36.2 Å². The summed E-state index contributed by atoms with van der Waals surface area (Å²) >= 11 is 0. The molecule has 0 fully saturated rings.